The van der Waals surface area contributed by atoms with Crippen LogP contribution in [0.5, 0.6) is 0 Å². The first-order valence-electron chi connectivity index (χ1n) is 10.1. The third-order valence-corrected chi connectivity index (χ3v) is 5.43. The number of carbonyl (C=O) groups excluding carboxylic acids is 2. The maximum Gasteiger partial charge on any atom is 0.260 e. The molecule has 1 aliphatic rings. The zero-order valence-corrected chi connectivity index (χ0v) is 16.3. The third-order valence-electron chi connectivity index (χ3n) is 5.43. The Morgan fingerprint density at radius 3 is 2.31 bits per heavy atom. The molecule has 1 heterocycles. The molecule has 1 atom stereocenters. The maximum absolute atomic E-state index is 12.9. The van der Waals surface area contributed by atoms with Crippen molar-refractivity contribution in [2.24, 2.45) is 0 Å². The molecular weight excluding hydrogens is 362 g/mol. The maximum atomic E-state index is 12.9. The molecule has 0 radical (unpaired) electrons. The van der Waals surface area contributed by atoms with Gasteiger partial charge in [0, 0.05) is 0 Å². The quantitative estimate of drug-likeness (QED) is 0.660. The average molecular weight is 387 g/mol. The number of carbonyl (C=O) groups is 2. The summed E-state index contributed by atoms with van der Waals surface area (Å²) in [7, 11) is 0. The van der Waals surface area contributed by atoms with Crippen molar-refractivity contribution in [3.05, 3.63) is 83.9 Å². The molecule has 3 aromatic carbocycles. The van der Waals surface area contributed by atoms with Gasteiger partial charge in [0.2, 0.25) is 5.91 Å². The molecule has 0 spiro atoms. The van der Waals surface area contributed by atoms with Gasteiger partial charge in [-0.25, -0.2) is 0 Å². The van der Waals surface area contributed by atoms with E-state index in [0.29, 0.717) is 0 Å². The Morgan fingerprint density at radius 2 is 1.52 bits per heavy atom. The molecule has 29 heavy (non-hydrogen) atoms. The number of hydrogen-bond acceptors (Lipinski definition) is 3. The summed E-state index contributed by atoms with van der Waals surface area (Å²) in [5.41, 5.74) is 7.13. The Kier molecular flexibility index (Phi) is 5.86. The van der Waals surface area contributed by atoms with Gasteiger partial charge in [-0.1, -0.05) is 72.8 Å². The second kappa shape index (κ2) is 8.88. The second-order valence-corrected chi connectivity index (χ2v) is 7.41. The number of nitrogens with one attached hydrogen (secondary N) is 2. The predicted octanol–water partition coefficient (Wildman–Crippen LogP) is 3.37. The summed E-state index contributed by atoms with van der Waals surface area (Å²) in [4.78, 5) is 27.6. The van der Waals surface area contributed by atoms with Gasteiger partial charge in [-0.3, -0.25) is 25.3 Å². The van der Waals surface area contributed by atoms with Crippen molar-refractivity contribution < 1.29 is 9.59 Å². The number of benzene rings is 3. The molecule has 1 fully saturated rings. The van der Waals surface area contributed by atoms with Crippen LogP contribution in [0, 0.1) is 0 Å². The van der Waals surface area contributed by atoms with E-state index < -0.39 is 6.04 Å². The standard InChI is InChI=1S/C24H25N3O2/c28-22(17-20-13-8-12-18-9-4-5-14-21(18)20)25-26-24(29)23(27-15-6-7-16-27)19-10-2-1-3-11-19/h1-5,8-14,23H,6-7,15-17H2,(H,25,28)(H,26,29). The monoisotopic (exact) mass is 387 g/mol. The largest absolute Gasteiger partial charge is 0.288 e. The van der Waals surface area contributed by atoms with Gasteiger partial charge in [-0.05, 0) is 47.8 Å². The van der Waals surface area contributed by atoms with Gasteiger partial charge >= 0.3 is 0 Å². The highest BCUT2D eigenvalue weighted by atomic mass is 16.2. The highest BCUT2D eigenvalue weighted by Crippen LogP contribution is 2.25. The van der Waals surface area contributed by atoms with Crippen LogP contribution in [0.4, 0.5) is 0 Å². The van der Waals surface area contributed by atoms with E-state index in [-0.39, 0.29) is 18.2 Å². The van der Waals surface area contributed by atoms with Crippen molar-refractivity contribution in [3.63, 3.8) is 0 Å². The van der Waals surface area contributed by atoms with Gasteiger partial charge in [0.05, 0.1) is 6.42 Å². The van der Waals surface area contributed by atoms with Crippen molar-refractivity contribution in [1.29, 1.82) is 0 Å². The van der Waals surface area contributed by atoms with Gasteiger partial charge in [0.1, 0.15) is 6.04 Å². The number of likely N-dealkylation sites (tertiary alicyclic amines) is 1. The zero-order chi connectivity index (χ0) is 20.1. The van der Waals surface area contributed by atoms with Gasteiger partial charge in [-0.15, -0.1) is 0 Å². The van der Waals surface area contributed by atoms with E-state index in [4.69, 9.17) is 0 Å². The molecule has 5 heteroatoms. The Hall–Kier alpha value is -3.18. The van der Waals surface area contributed by atoms with E-state index in [9.17, 15) is 9.59 Å². The molecule has 0 aliphatic carbocycles. The molecule has 148 valence electrons. The van der Waals surface area contributed by atoms with E-state index in [1.165, 1.54) is 0 Å². The molecule has 2 N–H and O–H groups in total. The molecule has 3 aromatic rings. The summed E-state index contributed by atoms with van der Waals surface area (Å²) in [6.07, 6.45) is 2.38. The third kappa shape index (κ3) is 4.46. The molecule has 0 bridgehead atoms. The lowest BCUT2D eigenvalue weighted by molar-refractivity contribution is -0.131. The average Bonchev–Trinajstić information content (AvgIpc) is 3.28. The fourth-order valence-electron chi connectivity index (χ4n) is 4.03. The SMILES string of the molecule is O=C(Cc1cccc2ccccc12)NNC(=O)C(c1ccccc1)N1CCCC1. The number of nitrogens with zero attached hydrogens (tertiary/aromatic N) is 1. The van der Waals surface area contributed by atoms with Gasteiger partial charge in [-0.2, -0.15) is 0 Å². The minimum atomic E-state index is -0.392. The highest BCUT2D eigenvalue weighted by Gasteiger charge is 2.29. The minimum absolute atomic E-state index is 0.204. The number of hydrazine groups is 1. The van der Waals surface area contributed by atoms with Gasteiger partial charge in [0.25, 0.3) is 5.91 Å². The first kappa shape index (κ1) is 19.2. The van der Waals surface area contributed by atoms with Crippen molar-refractivity contribution in [1.82, 2.24) is 15.8 Å². The molecule has 0 saturated carbocycles. The van der Waals surface area contributed by atoms with Crippen LogP contribution in [-0.4, -0.2) is 29.8 Å². The number of amides is 2. The van der Waals surface area contributed by atoms with Gasteiger partial charge in [0.15, 0.2) is 0 Å². The summed E-state index contributed by atoms with van der Waals surface area (Å²) in [6, 6.07) is 23.2. The summed E-state index contributed by atoms with van der Waals surface area (Å²) >= 11 is 0. The van der Waals surface area contributed by atoms with E-state index in [0.717, 1.165) is 47.8 Å². The van der Waals surface area contributed by atoms with E-state index in [2.05, 4.69) is 15.8 Å². The molecule has 1 unspecified atom stereocenters. The van der Waals surface area contributed by atoms with Crippen LogP contribution in [0.1, 0.15) is 30.0 Å². The van der Waals surface area contributed by atoms with Crippen LogP contribution in [0.3, 0.4) is 0 Å². The Labute approximate surface area is 170 Å². The van der Waals surface area contributed by atoms with Crippen molar-refractivity contribution >= 4 is 22.6 Å². The lowest BCUT2D eigenvalue weighted by Gasteiger charge is -2.26. The number of rotatable bonds is 5. The second-order valence-electron chi connectivity index (χ2n) is 7.41. The minimum Gasteiger partial charge on any atom is -0.288 e. The Morgan fingerprint density at radius 1 is 0.828 bits per heavy atom. The molecule has 0 aromatic heterocycles. The van der Waals surface area contributed by atoms with E-state index in [1.54, 1.807) is 0 Å². The smallest absolute Gasteiger partial charge is 0.260 e. The lowest BCUT2D eigenvalue weighted by atomic mass is 10.0. The van der Waals surface area contributed by atoms with Gasteiger partial charge < -0.3 is 0 Å². The predicted molar refractivity (Wildman–Crippen MR) is 114 cm³/mol. The van der Waals surface area contributed by atoms with Crippen LogP contribution >= 0.6 is 0 Å². The fraction of sp³-hybridized carbons (Fsp3) is 0.250. The van der Waals surface area contributed by atoms with Crippen LogP contribution < -0.4 is 10.9 Å². The van der Waals surface area contributed by atoms with Crippen LogP contribution in [0.25, 0.3) is 10.8 Å². The Balaban J connectivity index is 1.42. The molecule has 4 rings (SSSR count). The molecule has 2 amide bonds. The molecule has 1 saturated heterocycles. The topological polar surface area (TPSA) is 61.4 Å². The highest BCUT2D eigenvalue weighted by molar-refractivity contribution is 5.91. The number of hydrogen-bond donors (Lipinski definition) is 2. The fourth-order valence-corrected chi connectivity index (χ4v) is 4.03. The first-order chi connectivity index (χ1) is 14.2. The van der Waals surface area contributed by atoms with Crippen LogP contribution in [0.15, 0.2) is 72.8 Å². The normalized spacial score (nSPS) is 15.2. The van der Waals surface area contributed by atoms with Crippen LogP contribution in [0.2, 0.25) is 0 Å². The first-order valence-corrected chi connectivity index (χ1v) is 10.1. The summed E-state index contributed by atoms with van der Waals surface area (Å²) in [5.74, 6) is -0.438. The van der Waals surface area contributed by atoms with E-state index in [1.807, 2.05) is 72.8 Å². The van der Waals surface area contributed by atoms with Crippen molar-refractivity contribution in [2.75, 3.05) is 13.1 Å². The Bertz CT molecular complexity index is 992. The molecule has 1 aliphatic heterocycles. The molecular formula is C24H25N3O2. The number of fused-ring (bicyclic) bond motifs is 1. The summed E-state index contributed by atoms with van der Waals surface area (Å²) < 4.78 is 0. The molecule has 5 nitrogen and oxygen atoms in total. The van der Waals surface area contributed by atoms with E-state index >= 15 is 0 Å². The van der Waals surface area contributed by atoms with Crippen molar-refractivity contribution in [3.8, 4) is 0 Å². The zero-order valence-electron chi connectivity index (χ0n) is 16.3. The lowest BCUT2D eigenvalue weighted by Crippen LogP contribution is -2.48. The van der Waals surface area contributed by atoms with Crippen molar-refractivity contribution in [2.45, 2.75) is 25.3 Å². The summed E-state index contributed by atoms with van der Waals surface area (Å²) in [6.45, 7) is 1.77. The van der Waals surface area contributed by atoms with Crippen LogP contribution in [-0.2, 0) is 16.0 Å². The summed E-state index contributed by atoms with van der Waals surface area (Å²) in [5, 5.41) is 2.15.